The van der Waals surface area contributed by atoms with E-state index in [1.54, 1.807) is 13.8 Å². The first-order valence-corrected chi connectivity index (χ1v) is 10.8. The Labute approximate surface area is 196 Å². The van der Waals surface area contributed by atoms with Crippen LogP contribution in [0.15, 0.2) is 0 Å². The second-order valence-corrected chi connectivity index (χ2v) is 8.04. The van der Waals surface area contributed by atoms with Gasteiger partial charge >= 0.3 is 11.9 Å². The zero-order valence-corrected chi connectivity index (χ0v) is 19.4. The zero-order chi connectivity index (χ0) is 26.6. The highest BCUT2D eigenvalue weighted by Gasteiger charge is 2.33. The number of primary amides is 1. The van der Waals surface area contributed by atoms with E-state index in [4.69, 9.17) is 16.6 Å². The number of nitrogens with one attached hydrogen (secondary N) is 3. The van der Waals surface area contributed by atoms with Gasteiger partial charge in [-0.05, 0) is 25.7 Å². The van der Waals surface area contributed by atoms with Gasteiger partial charge in [0.05, 0.1) is 6.10 Å². The summed E-state index contributed by atoms with van der Waals surface area (Å²) in [5, 5.41) is 34.5. The van der Waals surface area contributed by atoms with E-state index in [0.29, 0.717) is 6.42 Å². The van der Waals surface area contributed by atoms with Crippen LogP contribution in [0.2, 0.25) is 0 Å². The molecule has 0 bridgehead atoms. The third-order valence-electron chi connectivity index (χ3n) is 5.19. The second-order valence-electron chi connectivity index (χ2n) is 8.04. The molecule has 0 spiro atoms. The van der Waals surface area contributed by atoms with Gasteiger partial charge in [0, 0.05) is 12.8 Å². The lowest BCUT2D eigenvalue weighted by Gasteiger charge is -2.28. The molecular formula is C20H35N5O9. The van der Waals surface area contributed by atoms with Crippen molar-refractivity contribution >= 4 is 35.6 Å². The molecule has 0 aromatic heterocycles. The molecule has 14 heteroatoms. The molecule has 0 aliphatic rings. The molecular weight excluding hydrogens is 454 g/mol. The number of aliphatic hydroxyl groups excluding tert-OH is 1. The molecule has 6 atom stereocenters. The number of carbonyl (C=O) groups excluding carboxylic acids is 4. The second kappa shape index (κ2) is 14.8. The Kier molecular flexibility index (Phi) is 13.4. The van der Waals surface area contributed by atoms with Crippen LogP contribution in [0.4, 0.5) is 0 Å². The van der Waals surface area contributed by atoms with Crippen LogP contribution in [0.5, 0.6) is 0 Å². The Morgan fingerprint density at radius 2 is 1.35 bits per heavy atom. The molecule has 0 aromatic carbocycles. The number of carbonyl (C=O) groups is 6. The molecule has 0 fully saturated rings. The number of aliphatic carboxylic acids is 2. The number of carboxylic acid groups (broad SMARTS) is 2. The molecule has 0 rings (SSSR count). The normalized spacial score (nSPS) is 16.1. The number of hydrogen-bond acceptors (Lipinski definition) is 8. The molecule has 0 aromatic rings. The summed E-state index contributed by atoms with van der Waals surface area (Å²) in [5.74, 6) is -6.51. The quantitative estimate of drug-likeness (QED) is 0.112. The van der Waals surface area contributed by atoms with Crippen molar-refractivity contribution in [3.05, 3.63) is 0 Å². The highest BCUT2D eigenvalue weighted by atomic mass is 16.4. The van der Waals surface area contributed by atoms with Gasteiger partial charge in [0.25, 0.3) is 0 Å². The molecule has 0 heterocycles. The molecule has 0 radical (unpaired) electrons. The van der Waals surface area contributed by atoms with Crippen LogP contribution in [0.3, 0.4) is 0 Å². The van der Waals surface area contributed by atoms with E-state index >= 15 is 0 Å². The minimum Gasteiger partial charge on any atom is -0.481 e. The summed E-state index contributed by atoms with van der Waals surface area (Å²) in [4.78, 5) is 71.3. The number of aliphatic hydroxyl groups is 1. The van der Waals surface area contributed by atoms with Crippen LogP contribution in [-0.2, 0) is 28.8 Å². The van der Waals surface area contributed by atoms with Gasteiger partial charge < -0.3 is 42.7 Å². The fraction of sp³-hybridized carbons (Fsp3) is 0.700. The van der Waals surface area contributed by atoms with E-state index in [0.717, 1.165) is 0 Å². The standard InChI is InChI=1S/C20H35N5O9/c1-4-9(2)16(25-18(31)15(22)10(3)26)19(32)23-11(5-7-13(21)27)17(30)24-12(20(33)34)6-8-14(28)29/h9-12,15-16,26H,4-8,22H2,1-3H3,(H2,21,27)(H,23,32)(H,24,30)(H,25,31)(H,28,29)(H,33,34). The zero-order valence-electron chi connectivity index (χ0n) is 19.4. The van der Waals surface area contributed by atoms with Crippen molar-refractivity contribution < 1.29 is 44.1 Å². The number of rotatable bonds is 16. The molecule has 4 amide bonds. The first kappa shape index (κ1) is 30.7. The maximum absolute atomic E-state index is 12.9. The molecule has 0 saturated heterocycles. The topological polar surface area (TPSA) is 251 Å². The Hall–Kier alpha value is -3.26. The van der Waals surface area contributed by atoms with Crippen LogP contribution in [0.25, 0.3) is 0 Å². The maximum atomic E-state index is 12.9. The summed E-state index contributed by atoms with van der Waals surface area (Å²) in [5.41, 5.74) is 10.7. The van der Waals surface area contributed by atoms with Crippen molar-refractivity contribution in [2.75, 3.05) is 0 Å². The fourth-order valence-corrected chi connectivity index (χ4v) is 2.78. The van der Waals surface area contributed by atoms with Gasteiger partial charge in [-0.1, -0.05) is 20.3 Å². The van der Waals surface area contributed by atoms with Crippen molar-refractivity contribution in [1.82, 2.24) is 16.0 Å². The van der Waals surface area contributed by atoms with Gasteiger partial charge in [-0.15, -0.1) is 0 Å². The maximum Gasteiger partial charge on any atom is 0.326 e. The van der Waals surface area contributed by atoms with E-state index in [9.17, 15) is 39.0 Å². The van der Waals surface area contributed by atoms with Crippen molar-refractivity contribution in [3.8, 4) is 0 Å². The molecule has 34 heavy (non-hydrogen) atoms. The first-order valence-electron chi connectivity index (χ1n) is 10.8. The van der Waals surface area contributed by atoms with Gasteiger partial charge in [0.1, 0.15) is 24.2 Å². The summed E-state index contributed by atoms with van der Waals surface area (Å²) in [7, 11) is 0. The summed E-state index contributed by atoms with van der Waals surface area (Å²) in [6.07, 6.45) is -2.27. The number of hydrogen-bond donors (Lipinski definition) is 8. The predicted octanol–water partition coefficient (Wildman–Crippen LogP) is -2.59. The Morgan fingerprint density at radius 3 is 1.79 bits per heavy atom. The van der Waals surface area contributed by atoms with Gasteiger partial charge in [0.2, 0.25) is 23.6 Å². The lowest BCUT2D eigenvalue weighted by atomic mass is 9.96. The van der Waals surface area contributed by atoms with Crippen molar-refractivity contribution in [3.63, 3.8) is 0 Å². The summed E-state index contributed by atoms with van der Waals surface area (Å²) < 4.78 is 0. The van der Waals surface area contributed by atoms with Gasteiger partial charge in [-0.3, -0.25) is 24.0 Å². The predicted molar refractivity (Wildman–Crippen MR) is 118 cm³/mol. The van der Waals surface area contributed by atoms with E-state index in [1.807, 2.05) is 0 Å². The van der Waals surface area contributed by atoms with Crippen LogP contribution in [0, 0.1) is 5.92 Å². The van der Waals surface area contributed by atoms with Crippen LogP contribution >= 0.6 is 0 Å². The molecule has 194 valence electrons. The molecule has 6 unspecified atom stereocenters. The van der Waals surface area contributed by atoms with Gasteiger partial charge in [0.15, 0.2) is 0 Å². The molecule has 10 N–H and O–H groups in total. The fourth-order valence-electron chi connectivity index (χ4n) is 2.78. The Bertz CT molecular complexity index is 759. The SMILES string of the molecule is CCC(C)C(NC(=O)C(N)C(C)O)C(=O)NC(CCC(N)=O)C(=O)NC(CCC(=O)O)C(=O)O. The van der Waals surface area contributed by atoms with Crippen LogP contribution in [-0.4, -0.2) is 81.2 Å². The molecule has 0 aliphatic carbocycles. The van der Waals surface area contributed by atoms with Crippen molar-refractivity contribution in [2.45, 2.75) is 83.1 Å². The minimum atomic E-state index is -1.55. The largest absolute Gasteiger partial charge is 0.481 e. The summed E-state index contributed by atoms with van der Waals surface area (Å²) in [6, 6.07) is -5.42. The number of nitrogens with two attached hydrogens (primary N) is 2. The monoisotopic (exact) mass is 489 g/mol. The summed E-state index contributed by atoms with van der Waals surface area (Å²) in [6.45, 7) is 4.71. The Balaban J connectivity index is 5.64. The summed E-state index contributed by atoms with van der Waals surface area (Å²) >= 11 is 0. The lowest BCUT2D eigenvalue weighted by Crippen LogP contribution is -2.59. The highest BCUT2D eigenvalue weighted by molar-refractivity contribution is 5.94. The third-order valence-corrected chi connectivity index (χ3v) is 5.19. The van der Waals surface area contributed by atoms with E-state index in [2.05, 4.69) is 16.0 Å². The van der Waals surface area contributed by atoms with Crippen LogP contribution < -0.4 is 27.4 Å². The number of carboxylic acids is 2. The van der Waals surface area contributed by atoms with Gasteiger partial charge in [-0.2, -0.15) is 0 Å². The van der Waals surface area contributed by atoms with Crippen molar-refractivity contribution in [1.29, 1.82) is 0 Å². The van der Waals surface area contributed by atoms with E-state index < -0.39 is 84.6 Å². The molecule has 14 nitrogen and oxygen atoms in total. The number of amides is 4. The molecule has 0 aliphatic heterocycles. The smallest absolute Gasteiger partial charge is 0.326 e. The van der Waals surface area contributed by atoms with E-state index in [1.165, 1.54) is 6.92 Å². The molecule has 0 saturated carbocycles. The lowest BCUT2D eigenvalue weighted by molar-refractivity contribution is -0.143. The van der Waals surface area contributed by atoms with Gasteiger partial charge in [-0.25, -0.2) is 4.79 Å². The average molecular weight is 490 g/mol. The third kappa shape index (κ3) is 11.0. The van der Waals surface area contributed by atoms with Crippen molar-refractivity contribution in [2.24, 2.45) is 17.4 Å². The minimum absolute atomic E-state index is 0.271. The Morgan fingerprint density at radius 1 is 0.824 bits per heavy atom. The van der Waals surface area contributed by atoms with E-state index in [-0.39, 0.29) is 12.8 Å². The van der Waals surface area contributed by atoms with Crippen LogP contribution in [0.1, 0.15) is 52.9 Å². The first-order chi connectivity index (χ1) is 15.7. The average Bonchev–Trinajstić information content (AvgIpc) is 2.75. The highest BCUT2D eigenvalue weighted by Crippen LogP contribution is 2.10.